The van der Waals surface area contributed by atoms with Gasteiger partial charge >= 0.3 is 0 Å². The van der Waals surface area contributed by atoms with Crippen LogP contribution in [0.1, 0.15) is 29.7 Å². The Morgan fingerprint density at radius 3 is 3.04 bits per heavy atom. The minimum absolute atomic E-state index is 0.00573. The number of β-amino-alcohol motifs (C(OH)–C–C–N with tert-alkyl or cyclic N) is 1. The molecule has 7 heteroatoms. The van der Waals surface area contributed by atoms with Crippen molar-refractivity contribution in [3.8, 4) is 0 Å². The van der Waals surface area contributed by atoms with Crippen LogP contribution in [0.3, 0.4) is 0 Å². The maximum Gasteiger partial charge on any atom is 0.227 e. The molecule has 0 saturated carbocycles. The first kappa shape index (κ1) is 16.6. The lowest BCUT2D eigenvalue weighted by atomic mass is 9.89. The summed E-state index contributed by atoms with van der Waals surface area (Å²) in [5.41, 5.74) is 1.35. The average Bonchev–Trinajstić information content (AvgIpc) is 3.11. The van der Waals surface area contributed by atoms with Crippen molar-refractivity contribution in [1.29, 1.82) is 0 Å². The van der Waals surface area contributed by atoms with E-state index in [4.69, 9.17) is 4.74 Å². The highest BCUT2D eigenvalue weighted by Crippen LogP contribution is 2.30. The van der Waals surface area contributed by atoms with Crippen molar-refractivity contribution in [3.05, 3.63) is 47.3 Å². The smallest absolute Gasteiger partial charge is 0.227 e. The molecule has 1 aromatic carbocycles. The molecule has 2 N–H and O–H groups in total. The number of benzene rings is 1. The molecule has 128 valence electrons. The number of aromatic amines is 1. The zero-order chi connectivity index (χ0) is 17.0. The standard InChI is InChI=1S/C17H22N4O3/c1-24-11-14-5-2-4-13(8-14)9-16(22)21-7-3-6-17(23,12-21)15-10-18-20-19-15/h2,4-5,8,10,23H,3,6-7,9,11-12H2,1H3,(H,18,19,20)/t17-/m0/s1. The van der Waals surface area contributed by atoms with E-state index in [9.17, 15) is 9.90 Å². The van der Waals surface area contributed by atoms with E-state index in [1.165, 1.54) is 6.20 Å². The topological polar surface area (TPSA) is 91.3 Å². The Balaban J connectivity index is 1.67. The van der Waals surface area contributed by atoms with Crippen LogP contribution in [0.4, 0.5) is 0 Å². The molecule has 1 atom stereocenters. The van der Waals surface area contributed by atoms with Crippen LogP contribution in [-0.2, 0) is 28.2 Å². The fourth-order valence-electron chi connectivity index (χ4n) is 3.17. The largest absolute Gasteiger partial charge is 0.382 e. The van der Waals surface area contributed by atoms with Gasteiger partial charge in [0, 0.05) is 13.7 Å². The summed E-state index contributed by atoms with van der Waals surface area (Å²) in [5, 5.41) is 21.1. The molecule has 1 amide bonds. The molecule has 0 radical (unpaired) electrons. The van der Waals surface area contributed by atoms with E-state index in [-0.39, 0.29) is 12.5 Å². The van der Waals surface area contributed by atoms with Gasteiger partial charge in [-0.1, -0.05) is 24.3 Å². The number of H-pyrrole nitrogens is 1. The maximum atomic E-state index is 12.6. The first-order valence-electron chi connectivity index (χ1n) is 8.04. The first-order chi connectivity index (χ1) is 11.6. The lowest BCUT2D eigenvalue weighted by Crippen LogP contribution is -2.49. The minimum atomic E-state index is -1.13. The molecule has 2 aromatic rings. The van der Waals surface area contributed by atoms with Crippen LogP contribution in [-0.4, -0.2) is 51.5 Å². The van der Waals surface area contributed by atoms with Gasteiger partial charge in [0.05, 0.1) is 25.8 Å². The molecule has 2 heterocycles. The third-order valence-electron chi connectivity index (χ3n) is 4.37. The van der Waals surface area contributed by atoms with Gasteiger partial charge in [-0.15, -0.1) is 0 Å². The molecule has 1 aromatic heterocycles. The van der Waals surface area contributed by atoms with Gasteiger partial charge < -0.3 is 14.7 Å². The quantitative estimate of drug-likeness (QED) is 0.853. The Labute approximate surface area is 140 Å². The number of hydrogen-bond acceptors (Lipinski definition) is 5. The predicted octanol–water partition coefficient (Wildman–Crippen LogP) is 1.00. The third kappa shape index (κ3) is 3.63. The summed E-state index contributed by atoms with van der Waals surface area (Å²) in [4.78, 5) is 14.3. The number of ether oxygens (including phenoxy) is 1. The second kappa shape index (κ2) is 7.11. The van der Waals surface area contributed by atoms with Gasteiger partial charge in [0.2, 0.25) is 5.91 Å². The number of piperidine rings is 1. The summed E-state index contributed by atoms with van der Waals surface area (Å²) in [7, 11) is 1.65. The Kier molecular flexibility index (Phi) is 4.92. The Bertz CT molecular complexity index is 689. The molecule has 7 nitrogen and oxygen atoms in total. The SMILES string of the molecule is COCc1cccc(CC(=O)N2CCC[C@@](O)(c3cn[nH]n3)C2)c1. The molecule has 3 rings (SSSR count). The fraction of sp³-hybridized carbons (Fsp3) is 0.471. The lowest BCUT2D eigenvalue weighted by Gasteiger charge is -2.38. The average molecular weight is 330 g/mol. The second-order valence-corrected chi connectivity index (χ2v) is 6.24. The second-order valence-electron chi connectivity index (χ2n) is 6.24. The summed E-state index contributed by atoms with van der Waals surface area (Å²) in [6.07, 6.45) is 3.14. The number of methoxy groups -OCH3 is 1. The van der Waals surface area contributed by atoms with Crippen molar-refractivity contribution in [3.63, 3.8) is 0 Å². The number of likely N-dealkylation sites (tertiary alicyclic amines) is 1. The van der Waals surface area contributed by atoms with Gasteiger partial charge in [-0.05, 0) is 24.0 Å². The van der Waals surface area contributed by atoms with Crippen molar-refractivity contribution in [2.45, 2.75) is 31.5 Å². The van der Waals surface area contributed by atoms with E-state index in [1.54, 1.807) is 12.0 Å². The monoisotopic (exact) mass is 330 g/mol. The van der Waals surface area contributed by atoms with Gasteiger partial charge in [-0.25, -0.2) is 0 Å². The number of aliphatic hydroxyl groups is 1. The number of amides is 1. The van der Waals surface area contributed by atoms with Crippen LogP contribution in [0.25, 0.3) is 0 Å². The molecule has 1 aliphatic heterocycles. The third-order valence-corrected chi connectivity index (χ3v) is 4.37. The molecule has 0 bridgehead atoms. The number of nitrogens with zero attached hydrogens (tertiary/aromatic N) is 3. The van der Waals surface area contributed by atoms with Gasteiger partial charge in [0.1, 0.15) is 11.3 Å². The lowest BCUT2D eigenvalue weighted by molar-refractivity contribution is -0.138. The van der Waals surface area contributed by atoms with Crippen LogP contribution in [0, 0.1) is 0 Å². The highest BCUT2D eigenvalue weighted by molar-refractivity contribution is 5.79. The minimum Gasteiger partial charge on any atom is -0.382 e. The molecule has 0 aliphatic carbocycles. The van der Waals surface area contributed by atoms with Crippen molar-refractivity contribution in [2.75, 3.05) is 20.2 Å². The molecule has 0 spiro atoms. The summed E-state index contributed by atoms with van der Waals surface area (Å²) in [5.74, 6) is 0.00573. The van der Waals surface area contributed by atoms with Crippen LogP contribution < -0.4 is 0 Å². The van der Waals surface area contributed by atoms with Gasteiger partial charge in [0.15, 0.2) is 0 Å². The highest BCUT2D eigenvalue weighted by Gasteiger charge is 2.38. The van der Waals surface area contributed by atoms with E-state index < -0.39 is 5.60 Å². The highest BCUT2D eigenvalue weighted by atomic mass is 16.5. The zero-order valence-corrected chi connectivity index (χ0v) is 13.7. The number of hydrogen-bond donors (Lipinski definition) is 2. The molecule has 24 heavy (non-hydrogen) atoms. The molecule has 0 unspecified atom stereocenters. The van der Waals surface area contributed by atoms with E-state index >= 15 is 0 Å². The number of carbonyl (C=O) groups is 1. The van der Waals surface area contributed by atoms with Crippen molar-refractivity contribution in [2.24, 2.45) is 0 Å². The van der Waals surface area contributed by atoms with E-state index in [1.807, 2.05) is 24.3 Å². The molecule has 1 saturated heterocycles. The Morgan fingerprint density at radius 2 is 2.29 bits per heavy atom. The van der Waals surface area contributed by atoms with Crippen LogP contribution in [0.15, 0.2) is 30.5 Å². The number of aromatic nitrogens is 3. The number of rotatable bonds is 5. The summed E-state index contributed by atoms with van der Waals surface area (Å²) in [6, 6.07) is 7.82. The Morgan fingerprint density at radius 1 is 1.46 bits per heavy atom. The summed E-state index contributed by atoms with van der Waals surface area (Å²) in [6.45, 7) is 1.42. The number of carbonyl (C=O) groups excluding carboxylic acids is 1. The Hall–Kier alpha value is -2.25. The van der Waals surface area contributed by atoms with Gasteiger partial charge in [0.25, 0.3) is 0 Å². The predicted molar refractivity (Wildman–Crippen MR) is 87.0 cm³/mol. The molecular weight excluding hydrogens is 308 g/mol. The molecular formula is C17H22N4O3. The van der Waals surface area contributed by atoms with Gasteiger partial charge in [-0.2, -0.15) is 15.4 Å². The van der Waals surface area contributed by atoms with Crippen LogP contribution >= 0.6 is 0 Å². The molecule has 1 fully saturated rings. The summed E-state index contributed by atoms with van der Waals surface area (Å²) >= 11 is 0. The fourth-order valence-corrected chi connectivity index (χ4v) is 3.17. The van der Waals surface area contributed by atoms with E-state index in [0.717, 1.165) is 17.5 Å². The maximum absolute atomic E-state index is 12.6. The van der Waals surface area contributed by atoms with Crippen LogP contribution in [0.2, 0.25) is 0 Å². The van der Waals surface area contributed by atoms with Gasteiger partial charge in [-0.3, -0.25) is 4.79 Å². The van der Waals surface area contributed by atoms with Crippen molar-refractivity contribution >= 4 is 5.91 Å². The van der Waals surface area contributed by atoms with E-state index in [0.29, 0.717) is 31.7 Å². The number of nitrogens with one attached hydrogen (secondary N) is 1. The van der Waals surface area contributed by atoms with E-state index in [2.05, 4.69) is 15.4 Å². The zero-order valence-electron chi connectivity index (χ0n) is 13.7. The van der Waals surface area contributed by atoms with Crippen molar-refractivity contribution < 1.29 is 14.6 Å². The molecule has 1 aliphatic rings. The normalized spacial score (nSPS) is 21.0. The first-order valence-corrected chi connectivity index (χ1v) is 8.04. The van der Waals surface area contributed by atoms with Crippen LogP contribution in [0.5, 0.6) is 0 Å². The summed E-state index contributed by atoms with van der Waals surface area (Å²) < 4.78 is 5.13. The van der Waals surface area contributed by atoms with Crippen molar-refractivity contribution in [1.82, 2.24) is 20.3 Å².